The molecular formula is C26H29N7O3. The zero-order valence-electron chi connectivity index (χ0n) is 20.6. The van der Waals surface area contributed by atoms with Crippen molar-refractivity contribution in [3.05, 3.63) is 55.4 Å². The van der Waals surface area contributed by atoms with Gasteiger partial charge in [-0.2, -0.15) is 5.10 Å². The Bertz CT molecular complexity index is 1350. The standard InChI is InChI=1S/C26H29N7O3/c1-26(2,3)36-25(34)32-9-6-20(7-10-32)33-16-19(14-31-33)18-11-21(23(27)29-13-18)24-30-15-22(35-24)17-5-4-8-28-12-17/h4-5,8,11-16,20H,6-7,9-10H2,1-3H3,(H2,27,29). The Hall–Kier alpha value is -4.21. The fourth-order valence-electron chi connectivity index (χ4n) is 4.17. The maximum Gasteiger partial charge on any atom is 0.410 e. The number of hydrogen-bond donors (Lipinski definition) is 1. The lowest BCUT2D eigenvalue weighted by Crippen LogP contribution is -2.42. The maximum atomic E-state index is 12.4. The molecule has 0 aliphatic carbocycles. The van der Waals surface area contributed by atoms with Crippen molar-refractivity contribution in [3.8, 4) is 33.9 Å². The van der Waals surface area contributed by atoms with E-state index >= 15 is 0 Å². The Labute approximate surface area is 209 Å². The van der Waals surface area contributed by atoms with Gasteiger partial charge in [0.15, 0.2) is 5.76 Å². The van der Waals surface area contributed by atoms with Gasteiger partial charge in [0.1, 0.15) is 11.4 Å². The molecule has 1 aliphatic rings. The number of nitrogen functional groups attached to an aromatic ring is 1. The van der Waals surface area contributed by atoms with Gasteiger partial charge in [-0.15, -0.1) is 0 Å². The number of nitrogens with zero attached hydrogens (tertiary/aromatic N) is 6. The summed E-state index contributed by atoms with van der Waals surface area (Å²) in [7, 11) is 0. The van der Waals surface area contributed by atoms with E-state index in [4.69, 9.17) is 14.9 Å². The molecule has 4 aromatic heterocycles. The molecular weight excluding hydrogens is 458 g/mol. The Balaban J connectivity index is 1.30. The van der Waals surface area contributed by atoms with Crippen LogP contribution in [0.1, 0.15) is 39.7 Å². The average molecular weight is 488 g/mol. The molecule has 1 fully saturated rings. The van der Waals surface area contributed by atoms with Crippen LogP contribution in [0, 0.1) is 0 Å². The molecule has 10 heteroatoms. The molecule has 4 aromatic rings. The summed E-state index contributed by atoms with van der Waals surface area (Å²) in [4.78, 5) is 27.0. The molecule has 0 radical (unpaired) electrons. The van der Waals surface area contributed by atoms with Gasteiger partial charge < -0.3 is 19.8 Å². The van der Waals surface area contributed by atoms with Crippen LogP contribution in [0.4, 0.5) is 10.6 Å². The number of oxazole rings is 1. The third-order valence-corrected chi connectivity index (χ3v) is 6.03. The molecule has 1 saturated heterocycles. The highest BCUT2D eigenvalue weighted by molar-refractivity contribution is 5.75. The fourth-order valence-corrected chi connectivity index (χ4v) is 4.17. The first-order chi connectivity index (χ1) is 17.3. The van der Waals surface area contributed by atoms with Crippen LogP contribution in [0.25, 0.3) is 33.9 Å². The van der Waals surface area contributed by atoms with Crippen molar-refractivity contribution in [3.63, 3.8) is 0 Å². The lowest BCUT2D eigenvalue weighted by atomic mass is 10.1. The van der Waals surface area contributed by atoms with Gasteiger partial charge >= 0.3 is 6.09 Å². The number of nitrogens with two attached hydrogens (primary N) is 1. The normalized spacial score (nSPS) is 14.7. The summed E-state index contributed by atoms with van der Waals surface area (Å²) in [6, 6.07) is 5.86. The SMILES string of the molecule is CC(C)(C)OC(=O)N1CCC(n2cc(-c3cnc(N)c(-c4ncc(-c5cccnc5)o4)c3)cn2)CC1. The minimum Gasteiger partial charge on any atom is -0.444 e. The van der Waals surface area contributed by atoms with E-state index in [0.29, 0.717) is 36.1 Å². The lowest BCUT2D eigenvalue weighted by Gasteiger charge is -2.33. The minimum absolute atomic E-state index is 0.201. The monoisotopic (exact) mass is 487 g/mol. The van der Waals surface area contributed by atoms with E-state index in [0.717, 1.165) is 29.5 Å². The number of carbonyl (C=O) groups excluding carboxylic acids is 1. The molecule has 2 N–H and O–H groups in total. The quantitative estimate of drug-likeness (QED) is 0.434. The number of piperidine rings is 1. The van der Waals surface area contributed by atoms with Gasteiger partial charge in [-0.25, -0.2) is 14.8 Å². The summed E-state index contributed by atoms with van der Waals surface area (Å²) in [6.07, 6.45) is 12.0. The summed E-state index contributed by atoms with van der Waals surface area (Å²) in [6.45, 7) is 6.89. The summed E-state index contributed by atoms with van der Waals surface area (Å²) in [5.41, 5.74) is 8.88. The molecule has 1 amide bonds. The van der Waals surface area contributed by atoms with E-state index in [1.165, 1.54) is 0 Å². The van der Waals surface area contributed by atoms with Crippen molar-refractivity contribution in [2.45, 2.75) is 45.3 Å². The van der Waals surface area contributed by atoms with Crippen molar-refractivity contribution in [1.82, 2.24) is 29.6 Å². The Kier molecular flexibility index (Phi) is 6.17. The highest BCUT2D eigenvalue weighted by atomic mass is 16.6. The van der Waals surface area contributed by atoms with E-state index < -0.39 is 5.60 Å². The Morgan fingerprint density at radius 2 is 1.89 bits per heavy atom. The Morgan fingerprint density at radius 1 is 1.08 bits per heavy atom. The minimum atomic E-state index is -0.498. The van der Waals surface area contributed by atoms with Crippen molar-refractivity contribution >= 4 is 11.9 Å². The second-order valence-electron chi connectivity index (χ2n) is 9.84. The third kappa shape index (κ3) is 5.07. The second-order valence-corrected chi connectivity index (χ2v) is 9.84. The maximum absolute atomic E-state index is 12.4. The van der Waals surface area contributed by atoms with Crippen LogP contribution in [0.5, 0.6) is 0 Å². The first kappa shape index (κ1) is 23.5. The Morgan fingerprint density at radius 3 is 2.61 bits per heavy atom. The highest BCUT2D eigenvalue weighted by Crippen LogP contribution is 2.32. The number of amides is 1. The van der Waals surface area contributed by atoms with Crippen LogP contribution in [-0.2, 0) is 4.74 Å². The molecule has 0 unspecified atom stereocenters. The molecule has 0 aromatic carbocycles. The molecule has 1 aliphatic heterocycles. The summed E-state index contributed by atoms with van der Waals surface area (Å²) >= 11 is 0. The summed E-state index contributed by atoms with van der Waals surface area (Å²) in [5, 5.41) is 4.59. The number of rotatable bonds is 4. The van der Waals surface area contributed by atoms with Gasteiger partial charge in [-0.05, 0) is 51.8 Å². The molecule has 10 nitrogen and oxygen atoms in total. The van der Waals surface area contributed by atoms with Gasteiger partial charge in [-0.1, -0.05) is 0 Å². The van der Waals surface area contributed by atoms with Gasteiger partial charge in [0.05, 0.1) is 24.0 Å². The number of anilines is 1. The van der Waals surface area contributed by atoms with Crippen LogP contribution in [0.2, 0.25) is 0 Å². The van der Waals surface area contributed by atoms with Crippen LogP contribution in [0.15, 0.2) is 59.8 Å². The number of aromatic nitrogens is 5. The van der Waals surface area contributed by atoms with Crippen LogP contribution in [0.3, 0.4) is 0 Å². The molecule has 5 rings (SSSR count). The van der Waals surface area contributed by atoms with Crippen molar-refractivity contribution in [1.29, 1.82) is 0 Å². The summed E-state index contributed by atoms with van der Waals surface area (Å²) in [5.74, 6) is 1.33. The van der Waals surface area contributed by atoms with Gasteiger partial charge in [0, 0.05) is 54.6 Å². The predicted molar refractivity (Wildman–Crippen MR) is 135 cm³/mol. The molecule has 36 heavy (non-hydrogen) atoms. The second kappa shape index (κ2) is 9.44. The number of hydrogen-bond acceptors (Lipinski definition) is 8. The van der Waals surface area contributed by atoms with Crippen molar-refractivity contribution in [2.24, 2.45) is 0 Å². The molecule has 186 valence electrons. The number of carbonyl (C=O) groups is 1. The zero-order valence-corrected chi connectivity index (χ0v) is 20.6. The van der Waals surface area contributed by atoms with Gasteiger partial charge in [0.25, 0.3) is 0 Å². The topological polar surface area (TPSA) is 125 Å². The van der Waals surface area contributed by atoms with Crippen molar-refractivity contribution < 1.29 is 13.9 Å². The van der Waals surface area contributed by atoms with E-state index in [9.17, 15) is 4.79 Å². The zero-order chi connectivity index (χ0) is 25.3. The van der Waals surface area contributed by atoms with E-state index in [1.54, 1.807) is 29.7 Å². The smallest absolute Gasteiger partial charge is 0.410 e. The predicted octanol–water partition coefficient (Wildman–Crippen LogP) is 4.82. The third-order valence-electron chi connectivity index (χ3n) is 6.03. The summed E-state index contributed by atoms with van der Waals surface area (Å²) < 4.78 is 13.4. The number of pyridine rings is 2. The van der Waals surface area contributed by atoms with Crippen LogP contribution < -0.4 is 5.73 Å². The largest absolute Gasteiger partial charge is 0.444 e. The first-order valence-corrected chi connectivity index (χ1v) is 11.9. The molecule has 0 saturated carbocycles. The lowest BCUT2D eigenvalue weighted by molar-refractivity contribution is 0.0185. The van der Waals surface area contributed by atoms with E-state index in [2.05, 4.69) is 20.1 Å². The number of ether oxygens (including phenoxy) is 1. The molecule has 0 atom stereocenters. The highest BCUT2D eigenvalue weighted by Gasteiger charge is 2.28. The molecule has 0 spiro atoms. The van der Waals surface area contributed by atoms with Gasteiger partial charge in [0.2, 0.25) is 5.89 Å². The van der Waals surface area contributed by atoms with Crippen molar-refractivity contribution in [2.75, 3.05) is 18.8 Å². The van der Waals surface area contributed by atoms with Crippen LogP contribution >= 0.6 is 0 Å². The first-order valence-electron chi connectivity index (χ1n) is 11.9. The number of likely N-dealkylation sites (tertiary alicyclic amines) is 1. The van der Waals surface area contributed by atoms with E-state index in [1.807, 2.05) is 56.0 Å². The van der Waals surface area contributed by atoms with Crippen LogP contribution in [-0.4, -0.2) is 54.4 Å². The van der Waals surface area contributed by atoms with Gasteiger partial charge in [-0.3, -0.25) is 9.67 Å². The van der Waals surface area contributed by atoms with E-state index in [-0.39, 0.29) is 12.1 Å². The fraction of sp³-hybridized carbons (Fsp3) is 0.346. The molecule has 5 heterocycles. The molecule has 0 bridgehead atoms. The average Bonchev–Trinajstić information content (AvgIpc) is 3.55.